The number of halogens is 5. The Bertz CT molecular complexity index is 1080. The SMILES string of the molecule is CC1Cc2cc(O)ccc2C(c2c(F)cc(Br)cc2F)N1c1ccc(F)cc1F. The number of rotatable bonds is 2. The first-order chi connectivity index (χ1) is 13.8. The predicted molar refractivity (Wildman–Crippen MR) is 106 cm³/mol. The highest BCUT2D eigenvalue weighted by Gasteiger charge is 2.38. The van der Waals surface area contributed by atoms with Crippen LogP contribution in [0.25, 0.3) is 0 Å². The molecule has 3 aromatic rings. The van der Waals surface area contributed by atoms with Gasteiger partial charge in [-0.2, -0.15) is 0 Å². The van der Waals surface area contributed by atoms with E-state index in [0.717, 1.165) is 24.3 Å². The molecule has 1 N–H and O–H groups in total. The number of benzene rings is 3. The Hall–Kier alpha value is -2.54. The lowest BCUT2D eigenvalue weighted by molar-refractivity contribution is 0.463. The molecule has 7 heteroatoms. The number of aromatic hydroxyl groups is 1. The number of anilines is 1. The van der Waals surface area contributed by atoms with E-state index in [9.17, 15) is 22.7 Å². The lowest BCUT2D eigenvalue weighted by Crippen LogP contribution is -2.44. The molecular formula is C22H16BrF4NO. The molecule has 1 aliphatic rings. The van der Waals surface area contributed by atoms with E-state index in [0.29, 0.717) is 17.5 Å². The average Bonchev–Trinajstić information content (AvgIpc) is 2.61. The molecule has 1 heterocycles. The third kappa shape index (κ3) is 3.48. The molecule has 3 aromatic carbocycles. The van der Waals surface area contributed by atoms with E-state index in [1.165, 1.54) is 12.1 Å². The van der Waals surface area contributed by atoms with Crippen molar-refractivity contribution in [2.75, 3.05) is 4.90 Å². The first kappa shape index (κ1) is 19.8. The van der Waals surface area contributed by atoms with Crippen LogP contribution in [-0.2, 0) is 6.42 Å². The molecule has 1 aliphatic heterocycles. The molecule has 2 nitrogen and oxygen atoms in total. The van der Waals surface area contributed by atoms with Crippen LogP contribution in [0.5, 0.6) is 5.75 Å². The fraction of sp³-hybridized carbons (Fsp3) is 0.182. The van der Waals surface area contributed by atoms with Gasteiger partial charge in [-0.3, -0.25) is 0 Å². The Morgan fingerprint density at radius 3 is 2.28 bits per heavy atom. The summed E-state index contributed by atoms with van der Waals surface area (Å²) in [4.78, 5) is 1.56. The van der Waals surface area contributed by atoms with Crippen LogP contribution in [0.3, 0.4) is 0 Å². The summed E-state index contributed by atoms with van der Waals surface area (Å²) >= 11 is 3.08. The summed E-state index contributed by atoms with van der Waals surface area (Å²) in [5, 5.41) is 9.86. The Morgan fingerprint density at radius 1 is 0.931 bits per heavy atom. The normalized spacial score (nSPS) is 18.6. The molecule has 0 bridgehead atoms. The molecule has 0 amide bonds. The molecule has 0 aliphatic carbocycles. The van der Waals surface area contributed by atoms with Gasteiger partial charge in [0.05, 0.1) is 17.3 Å². The van der Waals surface area contributed by atoms with Crippen molar-refractivity contribution in [3.63, 3.8) is 0 Å². The summed E-state index contributed by atoms with van der Waals surface area (Å²) in [5.41, 5.74) is 1.06. The maximum atomic E-state index is 15.0. The molecule has 4 rings (SSSR count). The standard InChI is InChI=1S/C22H16BrF4NO/c1-11-6-12-7-15(29)3-4-16(12)22(21-18(26)8-13(23)9-19(21)27)28(11)20-5-2-14(24)10-17(20)25/h2-5,7-11,22,29H,6H2,1H3. The first-order valence-electron chi connectivity index (χ1n) is 8.96. The van der Waals surface area contributed by atoms with Gasteiger partial charge in [0.25, 0.3) is 0 Å². The van der Waals surface area contributed by atoms with E-state index in [1.54, 1.807) is 24.0 Å². The molecule has 2 atom stereocenters. The molecule has 0 radical (unpaired) electrons. The van der Waals surface area contributed by atoms with Gasteiger partial charge in [-0.15, -0.1) is 0 Å². The number of phenols is 1. The van der Waals surface area contributed by atoms with E-state index in [-0.39, 0.29) is 27.5 Å². The van der Waals surface area contributed by atoms with Crippen LogP contribution in [0.15, 0.2) is 53.0 Å². The van der Waals surface area contributed by atoms with Crippen LogP contribution in [0.1, 0.15) is 29.7 Å². The molecule has 29 heavy (non-hydrogen) atoms. The third-order valence-corrected chi connectivity index (χ3v) is 5.65. The topological polar surface area (TPSA) is 23.5 Å². The van der Waals surface area contributed by atoms with Crippen molar-refractivity contribution in [3.05, 3.63) is 93.0 Å². The molecular weight excluding hydrogens is 450 g/mol. The maximum absolute atomic E-state index is 15.0. The number of hydrogen-bond donors (Lipinski definition) is 1. The van der Waals surface area contributed by atoms with Crippen LogP contribution < -0.4 is 4.90 Å². The summed E-state index contributed by atoms with van der Waals surface area (Å²) in [6, 6.07) is 8.61. The largest absolute Gasteiger partial charge is 0.508 e. The van der Waals surface area contributed by atoms with E-state index in [1.807, 2.05) is 0 Å². The molecule has 150 valence electrons. The molecule has 0 aromatic heterocycles. The van der Waals surface area contributed by atoms with Crippen molar-refractivity contribution in [3.8, 4) is 5.75 Å². The Morgan fingerprint density at radius 2 is 1.62 bits per heavy atom. The van der Waals surface area contributed by atoms with E-state index in [2.05, 4.69) is 15.9 Å². The van der Waals surface area contributed by atoms with Crippen LogP contribution in [0.2, 0.25) is 0 Å². The van der Waals surface area contributed by atoms with Crippen molar-refractivity contribution in [1.82, 2.24) is 0 Å². The zero-order chi connectivity index (χ0) is 20.9. The highest BCUT2D eigenvalue weighted by atomic mass is 79.9. The summed E-state index contributed by atoms with van der Waals surface area (Å²) < 4.78 is 58.3. The van der Waals surface area contributed by atoms with Gasteiger partial charge >= 0.3 is 0 Å². The monoisotopic (exact) mass is 465 g/mol. The minimum Gasteiger partial charge on any atom is -0.508 e. The molecule has 0 saturated heterocycles. The predicted octanol–water partition coefficient (Wildman–Crippen LogP) is 6.25. The maximum Gasteiger partial charge on any atom is 0.149 e. The molecule has 0 saturated carbocycles. The van der Waals surface area contributed by atoms with Gasteiger partial charge in [0.2, 0.25) is 0 Å². The van der Waals surface area contributed by atoms with Crippen molar-refractivity contribution >= 4 is 21.6 Å². The van der Waals surface area contributed by atoms with Crippen molar-refractivity contribution in [2.24, 2.45) is 0 Å². The second-order valence-corrected chi connectivity index (χ2v) is 8.04. The van der Waals surface area contributed by atoms with Crippen LogP contribution >= 0.6 is 15.9 Å². The van der Waals surface area contributed by atoms with Crippen molar-refractivity contribution < 1.29 is 22.7 Å². The summed E-state index contributed by atoms with van der Waals surface area (Å²) in [6.07, 6.45) is 0.414. The van der Waals surface area contributed by atoms with Gasteiger partial charge in [0, 0.05) is 16.6 Å². The lowest BCUT2D eigenvalue weighted by Gasteiger charge is -2.44. The number of nitrogens with zero attached hydrogens (tertiary/aromatic N) is 1. The lowest BCUT2D eigenvalue weighted by atomic mass is 9.84. The Labute approximate surface area is 173 Å². The number of fused-ring (bicyclic) bond motifs is 1. The van der Waals surface area contributed by atoms with Gasteiger partial charge in [0.15, 0.2) is 0 Å². The Balaban J connectivity index is 2.00. The number of hydrogen-bond acceptors (Lipinski definition) is 2. The van der Waals surface area contributed by atoms with Gasteiger partial charge in [-0.05, 0) is 60.9 Å². The first-order valence-corrected chi connectivity index (χ1v) is 9.75. The number of phenolic OH excluding ortho intramolecular Hbond substituents is 1. The van der Waals surface area contributed by atoms with Crippen molar-refractivity contribution in [2.45, 2.75) is 25.4 Å². The van der Waals surface area contributed by atoms with Gasteiger partial charge < -0.3 is 10.0 Å². The third-order valence-electron chi connectivity index (χ3n) is 5.19. The fourth-order valence-electron chi connectivity index (χ4n) is 4.03. The zero-order valence-corrected chi connectivity index (χ0v) is 16.9. The van der Waals surface area contributed by atoms with E-state index < -0.39 is 29.3 Å². The highest BCUT2D eigenvalue weighted by molar-refractivity contribution is 9.10. The van der Waals surface area contributed by atoms with E-state index in [4.69, 9.17) is 0 Å². The molecule has 2 unspecified atom stereocenters. The molecule has 0 fully saturated rings. The van der Waals surface area contributed by atoms with Crippen LogP contribution in [0.4, 0.5) is 23.2 Å². The van der Waals surface area contributed by atoms with E-state index >= 15 is 0 Å². The van der Waals surface area contributed by atoms with Crippen LogP contribution in [0, 0.1) is 23.3 Å². The van der Waals surface area contributed by atoms with Crippen LogP contribution in [-0.4, -0.2) is 11.1 Å². The highest BCUT2D eigenvalue weighted by Crippen LogP contribution is 2.44. The second-order valence-electron chi connectivity index (χ2n) is 7.12. The van der Waals surface area contributed by atoms with Crippen molar-refractivity contribution in [1.29, 1.82) is 0 Å². The van der Waals surface area contributed by atoms with Gasteiger partial charge in [-0.1, -0.05) is 22.0 Å². The minimum absolute atomic E-state index is 0.0351. The summed E-state index contributed by atoms with van der Waals surface area (Å²) in [5.74, 6) is -3.10. The average molecular weight is 466 g/mol. The summed E-state index contributed by atoms with van der Waals surface area (Å²) in [7, 11) is 0. The smallest absolute Gasteiger partial charge is 0.149 e. The Kier molecular flexibility index (Phi) is 5.02. The zero-order valence-electron chi connectivity index (χ0n) is 15.3. The fourth-order valence-corrected chi connectivity index (χ4v) is 4.43. The van der Waals surface area contributed by atoms with Gasteiger partial charge in [0.1, 0.15) is 29.0 Å². The molecule has 0 spiro atoms. The quantitative estimate of drug-likeness (QED) is 0.452. The second kappa shape index (κ2) is 7.37. The minimum atomic E-state index is -0.998. The summed E-state index contributed by atoms with van der Waals surface area (Å²) in [6.45, 7) is 1.79. The van der Waals surface area contributed by atoms with Gasteiger partial charge in [-0.25, -0.2) is 17.6 Å².